The highest BCUT2D eigenvalue weighted by molar-refractivity contribution is 5.99. The Hall–Kier alpha value is -2.96. The fourth-order valence-electron chi connectivity index (χ4n) is 3.17. The number of carbonyl (C=O) groups excluding carboxylic acids is 2. The zero-order valence-electron chi connectivity index (χ0n) is 14.6. The average molecular weight is 374 g/mol. The predicted molar refractivity (Wildman–Crippen MR) is 97.1 cm³/mol. The third kappa shape index (κ3) is 5.03. The second-order valence-electron chi connectivity index (χ2n) is 6.29. The Morgan fingerprint density at radius 1 is 1.07 bits per heavy atom. The summed E-state index contributed by atoms with van der Waals surface area (Å²) >= 11 is 0. The van der Waals surface area contributed by atoms with Gasteiger partial charge in [-0.25, -0.2) is 0 Å². The van der Waals surface area contributed by atoms with E-state index in [1.54, 1.807) is 0 Å². The molecule has 1 aliphatic carbocycles. The first-order valence-corrected chi connectivity index (χ1v) is 8.76. The molecular formula is C20H20F2N2O3. The molecule has 142 valence electrons. The molecule has 27 heavy (non-hydrogen) atoms. The lowest BCUT2D eigenvalue weighted by molar-refractivity contribution is -0.115. The molecule has 0 saturated carbocycles. The van der Waals surface area contributed by atoms with Gasteiger partial charge in [-0.1, -0.05) is 18.2 Å². The Morgan fingerprint density at radius 2 is 1.85 bits per heavy atom. The summed E-state index contributed by atoms with van der Waals surface area (Å²) in [5.41, 5.74) is 3.32. The van der Waals surface area contributed by atoms with Crippen molar-refractivity contribution < 1.29 is 23.1 Å². The fraction of sp³-hybridized carbons (Fsp3) is 0.300. The largest absolute Gasteiger partial charge is 0.435 e. The Balaban J connectivity index is 1.57. The number of aryl methyl sites for hydroxylation is 1. The second kappa shape index (κ2) is 8.62. The Bertz CT molecular complexity index is 840. The van der Waals surface area contributed by atoms with Crippen LogP contribution in [0.2, 0.25) is 0 Å². The van der Waals surface area contributed by atoms with E-state index < -0.39 is 12.5 Å². The van der Waals surface area contributed by atoms with E-state index in [0.717, 1.165) is 36.9 Å². The van der Waals surface area contributed by atoms with Crippen LogP contribution in [0.5, 0.6) is 5.75 Å². The molecule has 0 spiro atoms. The number of hydrogen-bond donors (Lipinski definition) is 2. The van der Waals surface area contributed by atoms with E-state index >= 15 is 0 Å². The number of carbonyl (C=O) groups is 2. The summed E-state index contributed by atoms with van der Waals surface area (Å²) in [5, 5.41) is 5.32. The summed E-state index contributed by atoms with van der Waals surface area (Å²) in [6, 6.07) is 11.3. The summed E-state index contributed by atoms with van der Waals surface area (Å²) in [7, 11) is 0. The molecule has 0 radical (unpaired) electrons. The number of nitrogens with one attached hydrogen (secondary N) is 2. The molecular weight excluding hydrogens is 354 g/mol. The van der Waals surface area contributed by atoms with Gasteiger partial charge < -0.3 is 15.4 Å². The molecule has 0 atom stereocenters. The maximum atomic E-state index is 12.3. The number of alkyl halides is 2. The third-order valence-corrected chi connectivity index (χ3v) is 4.40. The van der Waals surface area contributed by atoms with Crippen LogP contribution < -0.4 is 15.4 Å². The molecule has 5 nitrogen and oxygen atoms in total. The van der Waals surface area contributed by atoms with Gasteiger partial charge in [0.05, 0.1) is 6.54 Å². The minimum atomic E-state index is -2.97. The SMILES string of the molecule is O=C(CNC(=O)c1cccc(OC(F)F)c1)Nc1cccc2c1CCCC2. The number of anilines is 1. The lowest BCUT2D eigenvalue weighted by Gasteiger charge is -2.19. The highest BCUT2D eigenvalue weighted by Gasteiger charge is 2.15. The molecule has 0 aromatic heterocycles. The van der Waals surface area contributed by atoms with Crippen LogP contribution >= 0.6 is 0 Å². The maximum absolute atomic E-state index is 12.3. The van der Waals surface area contributed by atoms with Crippen molar-refractivity contribution in [3.8, 4) is 5.75 Å². The zero-order valence-corrected chi connectivity index (χ0v) is 14.6. The number of ether oxygens (including phenoxy) is 1. The number of halogens is 2. The molecule has 0 heterocycles. The van der Waals surface area contributed by atoms with Crippen molar-refractivity contribution in [2.75, 3.05) is 11.9 Å². The molecule has 1 aliphatic rings. The average Bonchev–Trinajstić information content (AvgIpc) is 2.66. The number of fused-ring (bicyclic) bond motifs is 1. The monoisotopic (exact) mass is 374 g/mol. The van der Waals surface area contributed by atoms with Gasteiger partial charge in [-0.3, -0.25) is 9.59 Å². The molecule has 2 amide bonds. The number of amides is 2. The summed E-state index contributed by atoms with van der Waals surface area (Å²) in [4.78, 5) is 24.3. The van der Waals surface area contributed by atoms with Gasteiger partial charge in [0.1, 0.15) is 5.75 Å². The van der Waals surface area contributed by atoms with Crippen molar-refractivity contribution in [1.82, 2.24) is 5.32 Å². The molecule has 0 fully saturated rings. The van der Waals surface area contributed by atoms with Crippen LogP contribution in [0.15, 0.2) is 42.5 Å². The van der Waals surface area contributed by atoms with Crippen LogP contribution in [-0.4, -0.2) is 25.0 Å². The van der Waals surface area contributed by atoms with Gasteiger partial charge in [0, 0.05) is 11.3 Å². The van der Waals surface area contributed by atoms with Crippen molar-refractivity contribution in [3.63, 3.8) is 0 Å². The van der Waals surface area contributed by atoms with Crippen LogP contribution in [0.25, 0.3) is 0 Å². The lowest BCUT2D eigenvalue weighted by Crippen LogP contribution is -2.33. The lowest BCUT2D eigenvalue weighted by atomic mass is 9.90. The van der Waals surface area contributed by atoms with Crippen LogP contribution in [0.4, 0.5) is 14.5 Å². The Morgan fingerprint density at radius 3 is 2.67 bits per heavy atom. The van der Waals surface area contributed by atoms with Crippen molar-refractivity contribution >= 4 is 17.5 Å². The molecule has 0 saturated heterocycles. The molecule has 0 bridgehead atoms. The van der Waals surface area contributed by atoms with E-state index in [1.165, 1.54) is 29.8 Å². The highest BCUT2D eigenvalue weighted by Crippen LogP contribution is 2.27. The minimum Gasteiger partial charge on any atom is -0.435 e. The smallest absolute Gasteiger partial charge is 0.387 e. The summed E-state index contributed by atoms with van der Waals surface area (Å²) < 4.78 is 28.8. The summed E-state index contributed by atoms with van der Waals surface area (Å²) in [5.74, 6) is -1.000. The number of benzene rings is 2. The topological polar surface area (TPSA) is 67.4 Å². The first-order valence-electron chi connectivity index (χ1n) is 8.76. The third-order valence-electron chi connectivity index (χ3n) is 4.40. The van der Waals surface area contributed by atoms with Crippen molar-refractivity contribution in [2.45, 2.75) is 32.3 Å². The van der Waals surface area contributed by atoms with Gasteiger partial charge in [-0.05, 0) is 61.1 Å². The Labute approximate surface area is 155 Å². The van der Waals surface area contributed by atoms with Crippen LogP contribution in [0, 0.1) is 0 Å². The van der Waals surface area contributed by atoms with E-state index in [4.69, 9.17) is 0 Å². The quantitative estimate of drug-likeness (QED) is 0.813. The highest BCUT2D eigenvalue weighted by atomic mass is 19.3. The first kappa shape index (κ1) is 18.8. The molecule has 2 aromatic rings. The first-order chi connectivity index (χ1) is 13.0. The standard InChI is InChI=1S/C20H20F2N2O3/c21-20(22)27-15-8-3-7-14(11-15)19(26)23-12-18(25)24-17-10-4-6-13-5-1-2-9-16(13)17/h3-4,6-8,10-11,20H,1-2,5,9,12H2,(H,23,26)(H,24,25). The summed E-state index contributed by atoms with van der Waals surface area (Å²) in [6.45, 7) is -3.19. The van der Waals surface area contributed by atoms with Gasteiger partial charge in [-0.15, -0.1) is 0 Å². The fourth-order valence-corrected chi connectivity index (χ4v) is 3.17. The molecule has 0 aliphatic heterocycles. The normalized spacial score (nSPS) is 13.0. The Kier molecular flexibility index (Phi) is 6.01. The molecule has 2 aromatic carbocycles. The van der Waals surface area contributed by atoms with Crippen molar-refractivity contribution in [3.05, 3.63) is 59.2 Å². The maximum Gasteiger partial charge on any atom is 0.387 e. The van der Waals surface area contributed by atoms with E-state index in [-0.39, 0.29) is 23.8 Å². The van der Waals surface area contributed by atoms with Gasteiger partial charge in [-0.2, -0.15) is 8.78 Å². The van der Waals surface area contributed by atoms with Crippen molar-refractivity contribution in [1.29, 1.82) is 0 Å². The number of rotatable bonds is 6. The van der Waals surface area contributed by atoms with E-state index in [0.29, 0.717) is 0 Å². The predicted octanol–water partition coefficient (Wildman–Crippen LogP) is 3.54. The molecule has 3 rings (SSSR count). The van der Waals surface area contributed by atoms with Crippen LogP contribution in [-0.2, 0) is 17.6 Å². The van der Waals surface area contributed by atoms with Gasteiger partial charge >= 0.3 is 6.61 Å². The second-order valence-corrected chi connectivity index (χ2v) is 6.29. The van der Waals surface area contributed by atoms with Crippen LogP contribution in [0.3, 0.4) is 0 Å². The van der Waals surface area contributed by atoms with E-state index in [1.807, 2.05) is 12.1 Å². The zero-order chi connectivity index (χ0) is 19.2. The van der Waals surface area contributed by atoms with E-state index in [2.05, 4.69) is 21.4 Å². The van der Waals surface area contributed by atoms with Gasteiger partial charge in [0.2, 0.25) is 5.91 Å². The van der Waals surface area contributed by atoms with Gasteiger partial charge in [0.15, 0.2) is 0 Å². The molecule has 2 N–H and O–H groups in total. The molecule has 0 unspecified atom stereocenters. The van der Waals surface area contributed by atoms with E-state index in [9.17, 15) is 18.4 Å². The minimum absolute atomic E-state index is 0.113. The van der Waals surface area contributed by atoms with Crippen LogP contribution in [0.1, 0.15) is 34.3 Å². The van der Waals surface area contributed by atoms with Crippen molar-refractivity contribution in [2.24, 2.45) is 0 Å². The molecule has 7 heteroatoms. The van der Waals surface area contributed by atoms with Gasteiger partial charge in [0.25, 0.3) is 5.91 Å². The number of hydrogen-bond acceptors (Lipinski definition) is 3. The summed E-state index contributed by atoms with van der Waals surface area (Å²) in [6.07, 6.45) is 4.17.